The quantitative estimate of drug-likeness (QED) is 0.515. The summed E-state index contributed by atoms with van der Waals surface area (Å²) in [6, 6.07) is 9.06. The molecule has 14 heavy (non-hydrogen) atoms. The molecule has 74 valence electrons. The summed E-state index contributed by atoms with van der Waals surface area (Å²) in [4.78, 5) is 2.43. The Balaban J connectivity index is 2.00. The summed E-state index contributed by atoms with van der Waals surface area (Å²) in [5.41, 5.74) is 2.91. The molecule has 2 heterocycles. The van der Waals surface area contributed by atoms with Gasteiger partial charge in [0, 0.05) is 18.8 Å². The zero-order valence-corrected chi connectivity index (χ0v) is 8.67. The summed E-state index contributed by atoms with van der Waals surface area (Å²) in [7, 11) is 0. The summed E-state index contributed by atoms with van der Waals surface area (Å²) in [5, 5.41) is 3.31. The van der Waals surface area contributed by atoms with Gasteiger partial charge in [-0.3, -0.25) is 5.32 Å². The van der Waals surface area contributed by atoms with Crippen molar-refractivity contribution < 1.29 is 0 Å². The Labute approximate surface area is 88.9 Å². The average molecular weight is 209 g/mol. The first-order valence-electron chi connectivity index (χ1n) is 5.08. The fourth-order valence-electron chi connectivity index (χ4n) is 2.48. The highest BCUT2D eigenvalue weighted by molar-refractivity contribution is 6.21. The minimum atomic E-state index is 0.0937. The lowest BCUT2D eigenvalue weighted by Crippen LogP contribution is -2.54. The van der Waals surface area contributed by atoms with Crippen LogP contribution in [-0.4, -0.2) is 24.6 Å². The third-order valence-electron chi connectivity index (χ3n) is 3.16. The highest BCUT2D eigenvalue weighted by atomic mass is 35.5. The van der Waals surface area contributed by atoms with Crippen molar-refractivity contribution in [2.24, 2.45) is 0 Å². The van der Waals surface area contributed by atoms with E-state index in [1.807, 2.05) is 0 Å². The maximum atomic E-state index is 6.25. The van der Waals surface area contributed by atoms with Crippen LogP contribution in [0.15, 0.2) is 24.3 Å². The molecule has 1 saturated heterocycles. The third kappa shape index (κ3) is 1.14. The number of halogens is 1. The van der Waals surface area contributed by atoms with E-state index in [0.29, 0.717) is 6.04 Å². The maximum Gasteiger partial charge on any atom is 0.103 e. The first kappa shape index (κ1) is 8.57. The highest BCUT2D eigenvalue weighted by Crippen LogP contribution is 2.34. The standard InChI is InChI=1S/C11H13ClN2/c12-11-10-7-8-3-1-2-4-9(8)14(10)6-5-13-11/h1-4,10-11,13H,5-7H2. The minimum Gasteiger partial charge on any atom is -0.364 e. The molecule has 2 nitrogen and oxygen atoms in total. The normalized spacial score (nSPS) is 29.9. The molecular formula is C11H13ClN2. The Morgan fingerprint density at radius 3 is 3.14 bits per heavy atom. The summed E-state index contributed by atoms with van der Waals surface area (Å²) in [6.45, 7) is 2.06. The summed E-state index contributed by atoms with van der Waals surface area (Å²) in [5.74, 6) is 0. The maximum absolute atomic E-state index is 6.25. The van der Waals surface area contributed by atoms with Crippen LogP contribution in [0.1, 0.15) is 5.56 Å². The molecule has 1 aromatic rings. The molecule has 1 fully saturated rings. The summed E-state index contributed by atoms with van der Waals surface area (Å²) in [6.07, 6.45) is 1.08. The number of hydrogen-bond donors (Lipinski definition) is 1. The molecule has 1 aromatic carbocycles. The highest BCUT2D eigenvalue weighted by Gasteiger charge is 2.36. The van der Waals surface area contributed by atoms with Crippen molar-refractivity contribution in [3.05, 3.63) is 29.8 Å². The summed E-state index contributed by atoms with van der Waals surface area (Å²) < 4.78 is 0. The van der Waals surface area contributed by atoms with Gasteiger partial charge in [0.2, 0.25) is 0 Å². The minimum absolute atomic E-state index is 0.0937. The van der Waals surface area contributed by atoms with E-state index in [2.05, 4.69) is 34.5 Å². The van der Waals surface area contributed by atoms with E-state index >= 15 is 0 Å². The van der Waals surface area contributed by atoms with Crippen LogP contribution >= 0.6 is 11.6 Å². The van der Waals surface area contributed by atoms with Gasteiger partial charge in [0.15, 0.2) is 0 Å². The van der Waals surface area contributed by atoms with Gasteiger partial charge in [-0.25, -0.2) is 0 Å². The predicted molar refractivity (Wildman–Crippen MR) is 58.9 cm³/mol. The molecule has 0 amide bonds. The molecule has 2 unspecified atom stereocenters. The number of piperazine rings is 1. The van der Waals surface area contributed by atoms with Crippen LogP contribution in [0.2, 0.25) is 0 Å². The van der Waals surface area contributed by atoms with Crippen molar-refractivity contribution in [3.63, 3.8) is 0 Å². The van der Waals surface area contributed by atoms with E-state index < -0.39 is 0 Å². The fourth-order valence-corrected chi connectivity index (χ4v) is 2.82. The molecule has 3 heteroatoms. The molecular weight excluding hydrogens is 196 g/mol. The van der Waals surface area contributed by atoms with E-state index in [1.165, 1.54) is 11.3 Å². The molecule has 0 aromatic heterocycles. The van der Waals surface area contributed by atoms with Crippen LogP contribution in [0.4, 0.5) is 5.69 Å². The van der Waals surface area contributed by atoms with Crippen molar-refractivity contribution in [2.75, 3.05) is 18.0 Å². The van der Waals surface area contributed by atoms with E-state index in [9.17, 15) is 0 Å². The molecule has 0 radical (unpaired) electrons. The number of hydrogen-bond acceptors (Lipinski definition) is 2. The van der Waals surface area contributed by atoms with Crippen LogP contribution in [0, 0.1) is 0 Å². The van der Waals surface area contributed by atoms with Crippen molar-refractivity contribution >= 4 is 17.3 Å². The van der Waals surface area contributed by atoms with Gasteiger partial charge in [0.1, 0.15) is 5.50 Å². The van der Waals surface area contributed by atoms with Gasteiger partial charge in [-0.2, -0.15) is 0 Å². The van der Waals surface area contributed by atoms with Crippen LogP contribution in [0.5, 0.6) is 0 Å². The molecule has 2 atom stereocenters. The smallest absolute Gasteiger partial charge is 0.103 e. The van der Waals surface area contributed by atoms with Gasteiger partial charge in [-0.1, -0.05) is 18.2 Å². The number of para-hydroxylation sites is 1. The first-order chi connectivity index (χ1) is 6.86. The Morgan fingerprint density at radius 2 is 2.21 bits per heavy atom. The van der Waals surface area contributed by atoms with Gasteiger partial charge in [-0.15, -0.1) is 11.6 Å². The molecule has 0 saturated carbocycles. The van der Waals surface area contributed by atoms with Gasteiger partial charge in [0.25, 0.3) is 0 Å². The Morgan fingerprint density at radius 1 is 1.36 bits per heavy atom. The number of nitrogens with one attached hydrogen (secondary N) is 1. The van der Waals surface area contributed by atoms with Crippen molar-refractivity contribution in [3.8, 4) is 0 Å². The largest absolute Gasteiger partial charge is 0.364 e. The number of nitrogens with zero attached hydrogens (tertiary/aromatic N) is 1. The second kappa shape index (κ2) is 3.14. The Kier molecular flexibility index (Phi) is 1.92. The summed E-state index contributed by atoms with van der Waals surface area (Å²) >= 11 is 6.25. The lowest BCUT2D eigenvalue weighted by Gasteiger charge is -2.36. The van der Waals surface area contributed by atoms with E-state index in [0.717, 1.165) is 19.5 Å². The number of alkyl halides is 1. The monoisotopic (exact) mass is 208 g/mol. The van der Waals surface area contributed by atoms with Crippen molar-refractivity contribution in [1.82, 2.24) is 5.32 Å². The van der Waals surface area contributed by atoms with Gasteiger partial charge in [0.05, 0.1) is 6.04 Å². The van der Waals surface area contributed by atoms with E-state index in [4.69, 9.17) is 11.6 Å². The SMILES string of the molecule is ClC1NCCN2c3ccccc3CC12. The Bertz CT molecular complexity index is 353. The molecule has 1 N–H and O–H groups in total. The second-order valence-electron chi connectivity index (χ2n) is 3.95. The molecule has 0 aliphatic carbocycles. The zero-order chi connectivity index (χ0) is 9.54. The predicted octanol–water partition coefficient (Wildman–Crippen LogP) is 1.59. The fraction of sp³-hybridized carbons (Fsp3) is 0.455. The second-order valence-corrected chi connectivity index (χ2v) is 4.42. The number of fused-ring (bicyclic) bond motifs is 3. The van der Waals surface area contributed by atoms with Gasteiger partial charge in [-0.05, 0) is 18.1 Å². The molecule has 3 rings (SSSR count). The van der Waals surface area contributed by atoms with Crippen molar-refractivity contribution in [1.29, 1.82) is 0 Å². The molecule has 2 aliphatic rings. The van der Waals surface area contributed by atoms with Crippen LogP contribution in [0.25, 0.3) is 0 Å². The topological polar surface area (TPSA) is 15.3 Å². The number of rotatable bonds is 0. The lowest BCUT2D eigenvalue weighted by molar-refractivity contribution is 0.459. The van der Waals surface area contributed by atoms with Gasteiger partial charge >= 0.3 is 0 Å². The number of benzene rings is 1. The van der Waals surface area contributed by atoms with Crippen molar-refractivity contribution in [2.45, 2.75) is 18.0 Å². The van der Waals surface area contributed by atoms with Crippen LogP contribution in [-0.2, 0) is 6.42 Å². The molecule has 0 bridgehead atoms. The third-order valence-corrected chi connectivity index (χ3v) is 3.61. The van der Waals surface area contributed by atoms with Crippen LogP contribution in [0.3, 0.4) is 0 Å². The molecule has 0 spiro atoms. The Hall–Kier alpha value is -0.730. The number of anilines is 1. The van der Waals surface area contributed by atoms with E-state index in [-0.39, 0.29) is 5.50 Å². The zero-order valence-electron chi connectivity index (χ0n) is 7.91. The molecule has 2 aliphatic heterocycles. The van der Waals surface area contributed by atoms with Gasteiger partial charge < -0.3 is 4.90 Å². The lowest BCUT2D eigenvalue weighted by atomic mass is 10.1. The van der Waals surface area contributed by atoms with Crippen LogP contribution < -0.4 is 10.2 Å². The average Bonchev–Trinajstić information content (AvgIpc) is 2.59. The first-order valence-corrected chi connectivity index (χ1v) is 5.52. The van der Waals surface area contributed by atoms with E-state index in [1.54, 1.807) is 0 Å².